The summed E-state index contributed by atoms with van der Waals surface area (Å²) >= 11 is 0. The van der Waals surface area contributed by atoms with Crippen LogP contribution < -0.4 is 0 Å². The lowest BCUT2D eigenvalue weighted by Gasteiger charge is -2.02. The van der Waals surface area contributed by atoms with E-state index in [1.54, 1.807) is 0 Å². The first-order valence-corrected chi connectivity index (χ1v) is 3.47. The van der Waals surface area contributed by atoms with Crippen LogP contribution in [0.1, 0.15) is 23.3 Å². The summed E-state index contributed by atoms with van der Waals surface area (Å²) in [7, 11) is 0. The number of alkyl halides is 3. The molecule has 0 fully saturated rings. The van der Waals surface area contributed by atoms with Crippen LogP contribution in [0.2, 0.25) is 0 Å². The van der Waals surface area contributed by atoms with Gasteiger partial charge in [0.15, 0.2) is 12.2 Å². The molecule has 0 spiro atoms. The maximum atomic E-state index is 11.7. The van der Waals surface area contributed by atoms with Gasteiger partial charge >= 0.3 is 6.18 Å². The van der Waals surface area contributed by atoms with E-state index in [2.05, 4.69) is 9.40 Å². The van der Waals surface area contributed by atoms with Crippen molar-refractivity contribution in [2.24, 2.45) is 0 Å². The molecule has 0 aromatic carbocycles. The predicted molar refractivity (Wildman–Crippen MR) is 36.1 cm³/mol. The minimum absolute atomic E-state index is 0.0655. The number of aromatic nitrogens is 1. The Balaban J connectivity index is 2.44. The molecular weight excluding hydrogens is 187 g/mol. The van der Waals surface area contributed by atoms with Crippen molar-refractivity contribution in [1.29, 1.82) is 0 Å². The van der Waals surface area contributed by atoms with Gasteiger partial charge in [-0.1, -0.05) is 0 Å². The van der Waals surface area contributed by atoms with Gasteiger partial charge in [0, 0.05) is 6.42 Å². The molecule has 0 atom stereocenters. The second kappa shape index (κ2) is 3.59. The summed E-state index contributed by atoms with van der Waals surface area (Å²) in [6.07, 6.45) is -3.99. The molecule has 3 nitrogen and oxygen atoms in total. The van der Waals surface area contributed by atoms with E-state index in [9.17, 15) is 18.0 Å². The van der Waals surface area contributed by atoms with Crippen LogP contribution >= 0.6 is 0 Å². The van der Waals surface area contributed by atoms with E-state index in [1.807, 2.05) is 0 Å². The van der Waals surface area contributed by atoms with E-state index in [0.717, 1.165) is 12.7 Å². The Hall–Kier alpha value is -1.33. The average Bonchev–Trinajstić information content (AvgIpc) is 2.50. The third kappa shape index (κ3) is 3.27. The number of carbonyl (C=O) groups excluding carboxylic acids is 1. The minimum Gasteiger partial charge on any atom is -0.451 e. The van der Waals surface area contributed by atoms with Gasteiger partial charge in [-0.3, -0.25) is 4.79 Å². The molecule has 0 saturated heterocycles. The first kappa shape index (κ1) is 9.76. The number of halogens is 3. The molecule has 13 heavy (non-hydrogen) atoms. The Morgan fingerprint density at radius 1 is 1.54 bits per heavy atom. The van der Waals surface area contributed by atoms with Gasteiger partial charge in [0.2, 0.25) is 0 Å². The van der Waals surface area contributed by atoms with Gasteiger partial charge in [-0.2, -0.15) is 13.2 Å². The first-order valence-electron chi connectivity index (χ1n) is 3.47. The molecule has 1 heterocycles. The SMILES string of the molecule is O=C(CCC(F)(F)F)c1cocn1. The van der Waals surface area contributed by atoms with E-state index in [0.29, 0.717) is 0 Å². The van der Waals surface area contributed by atoms with Crippen molar-refractivity contribution in [3.05, 3.63) is 18.4 Å². The molecule has 0 amide bonds. The highest BCUT2D eigenvalue weighted by molar-refractivity contribution is 5.93. The van der Waals surface area contributed by atoms with E-state index < -0.39 is 24.8 Å². The summed E-state index contributed by atoms with van der Waals surface area (Å²) in [6, 6.07) is 0. The van der Waals surface area contributed by atoms with Crippen LogP contribution in [0.15, 0.2) is 17.1 Å². The number of hydrogen-bond acceptors (Lipinski definition) is 3. The Bertz CT molecular complexity index is 278. The van der Waals surface area contributed by atoms with E-state index in [1.165, 1.54) is 0 Å². The quantitative estimate of drug-likeness (QED) is 0.691. The summed E-state index contributed by atoms with van der Waals surface area (Å²) in [5.41, 5.74) is -0.0655. The van der Waals surface area contributed by atoms with Crippen molar-refractivity contribution in [2.75, 3.05) is 0 Å². The summed E-state index contributed by atoms with van der Waals surface area (Å²) in [4.78, 5) is 14.4. The van der Waals surface area contributed by atoms with Crippen molar-refractivity contribution in [3.8, 4) is 0 Å². The molecule has 1 aromatic rings. The van der Waals surface area contributed by atoms with Crippen molar-refractivity contribution in [1.82, 2.24) is 4.98 Å². The number of carbonyl (C=O) groups is 1. The second-order valence-electron chi connectivity index (χ2n) is 2.41. The first-order chi connectivity index (χ1) is 5.99. The topological polar surface area (TPSA) is 43.1 Å². The Morgan fingerprint density at radius 2 is 2.23 bits per heavy atom. The van der Waals surface area contributed by atoms with E-state index >= 15 is 0 Å². The van der Waals surface area contributed by atoms with Crippen LogP contribution in [0.4, 0.5) is 13.2 Å². The van der Waals surface area contributed by atoms with E-state index in [4.69, 9.17) is 0 Å². The second-order valence-corrected chi connectivity index (χ2v) is 2.41. The molecular formula is C7H6F3NO2. The Morgan fingerprint density at radius 3 is 2.69 bits per heavy atom. The maximum absolute atomic E-state index is 11.7. The lowest BCUT2D eigenvalue weighted by atomic mass is 10.2. The van der Waals surface area contributed by atoms with Crippen molar-refractivity contribution in [2.45, 2.75) is 19.0 Å². The molecule has 1 aromatic heterocycles. The maximum Gasteiger partial charge on any atom is 0.389 e. The van der Waals surface area contributed by atoms with Crippen LogP contribution in [-0.4, -0.2) is 16.9 Å². The van der Waals surface area contributed by atoms with Crippen molar-refractivity contribution in [3.63, 3.8) is 0 Å². The van der Waals surface area contributed by atoms with Gasteiger partial charge in [0.05, 0.1) is 6.42 Å². The van der Waals surface area contributed by atoms with Crippen LogP contribution in [-0.2, 0) is 0 Å². The normalized spacial score (nSPS) is 11.6. The highest BCUT2D eigenvalue weighted by atomic mass is 19.4. The molecule has 0 aliphatic heterocycles. The number of hydrogen-bond donors (Lipinski definition) is 0. The molecule has 0 saturated carbocycles. The van der Waals surface area contributed by atoms with Gasteiger partial charge in [0.1, 0.15) is 12.0 Å². The molecule has 0 N–H and O–H groups in total. The number of oxazole rings is 1. The highest BCUT2D eigenvalue weighted by Crippen LogP contribution is 2.22. The van der Waals surface area contributed by atoms with Gasteiger partial charge < -0.3 is 4.42 Å². The molecule has 0 unspecified atom stereocenters. The standard InChI is InChI=1S/C7H6F3NO2/c8-7(9,10)2-1-6(12)5-3-13-4-11-5/h3-4H,1-2H2. The zero-order valence-electron chi connectivity index (χ0n) is 6.47. The molecule has 0 bridgehead atoms. The monoisotopic (exact) mass is 193 g/mol. The Labute approximate surface area is 71.6 Å². The lowest BCUT2D eigenvalue weighted by Crippen LogP contribution is -2.11. The lowest BCUT2D eigenvalue weighted by molar-refractivity contribution is -0.133. The van der Waals surface area contributed by atoms with Crippen molar-refractivity contribution >= 4 is 5.78 Å². The average molecular weight is 193 g/mol. The van der Waals surface area contributed by atoms with Crippen LogP contribution in [0, 0.1) is 0 Å². The van der Waals surface area contributed by atoms with Crippen LogP contribution in [0.25, 0.3) is 0 Å². The van der Waals surface area contributed by atoms with Gasteiger partial charge in [-0.15, -0.1) is 0 Å². The third-order valence-corrected chi connectivity index (χ3v) is 1.35. The zero-order chi connectivity index (χ0) is 9.90. The largest absolute Gasteiger partial charge is 0.451 e. The third-order valence-electron chi connectivity index (χ3n) is 1.35. The highest BCUT2D eigenvalue weighted by Gasteiger charge is 2.28. The summed E-state index contributed by atoms with van der Waals surface area (Å²) < 4.78 is 39.4. The molecule has 1 rings (SSSR count). The zero-order valence-corrected chi connectivity index (χ0v) is 6.47. The van der Waals surface area contributed by atoms with Gasteiger partial charge in [-0.25, -0.2) is 4.98 Å². The molecule has 0 aliphatic rings. The fourth-order valence-corrected chi connectivity index (χ4v) is 0.734. The Kier molecular flexibility index (Phi) is 2.69. The minimum atomic E-state index is -4.31. The predicted octanol–water partition coefficient (Wildman–Crippen LogP) is 2.20. The van der Waals surface area contributed by atoms with E-state index in [-0.39, 0.29) is 5.69 Å². The van der Waals surface area contributed by atoms with Crippen molar-refractivity contribution < 1.29 is 22.4 Å². The molecule has 0 aliphatic carbocycles. The van der Waals surface area contributed by atoms with Crippen LogP contribution in [0.3, 0.4) is 0 Å². The number of Topliss-reactive ketones (excluding diaryl/α,β-unsaturated/α-hetero) is 1. The summed E-state index contributed by atoms with van der Waals surface area (Å²) in [6.45, 7) is 0. The molecule has 0 radical (unpaired) electrons. The molecule has 72 valence electrons. The summed E-state index contributed by atoms with van der Waals surface area (Å²) in [5, 5.41) is 0. The van der Waals surface area contributed by atoms with Gasteiger partial charge in [0.25, 0.3) is 0 Å². The number of nitrogens with zero attached hydrogens (tertiary/aromatic N) is 1. The number of rotatable bonds is 3. The molecule has 6 heteroatoms. The summed E-state index contributed by atoms with van der Waals surface area (Å²) in [5.74, 6) is -0.661. The number of ketones is 1. The van der Waals surface area contributed by atoms with Gasteiger partial charge in [-0.05, 0) is 0 Å². The fraction of sp³-hybridized carbons (Fsp3) is 0.429. The smallest absolute Gasteiger partial charge is 0.389 e. The fourth-order valence-electron chi connectivity index (χ4n) is 0.734. The van der Waals surface area contributed by atoms with Crippen LogP contribution in [0.5, 0.6) is 0 Å².